The van der Waals surface area contributed by atoms with E-state index in [4.69, 9.17) is 0 Å². The van der Waals surface area contributed by atoms with E-state index >= 15 is 0 Å². The predicted molar refractivity (Wildman–Crippen MR) is 86.4 cm³/mol. The highest BCUT2D eigenvalue weighted by Crippen LogP contribution is 2.43. The van der Waals surface area contributed by atoms with Crippen LogP contribution in [0, 0.1) is 19.7 Å². The molecule has 5 heteroatoms. The van der Waals surface area contributed by atoms with Crippen LogP contribution in [0.2, 0.25) is 0 Å². The fourth-order valence-electron chi connectivity index (χ4n) is 1.95. The lowest BCUT2D eigenvalue weighted by atomic mass is 9.99. The summed E-state index contributed by atoms with van der Waals surface area (Å²) in [6.07, 6.45) is 0. The molecule has 2 aromatic rings. The molecule has 0 amide bonds. The SMILES string of the molecule is Cc1cc(F)cc(C)c1C(Br)c1cc(Br)c(Br)s1. The molecule has 2 rings (SSSR count). The normalized spacial score (nSPS) is 12.8. The van der Waals surface area contributed by atoms with Crippen molar-refractivity contribution in [3.63, 3.8) is 0 Å². The highest BCUT2D eigenvalue weighted by atomic mass is 79.9. The van der Waals surface area contributed by atoms with Crippen molar-refractivity contribution in [2.45, 2.75) is 18.7 Å². The van der Waals surface area contributed by atoms with Crippen molar-refractivity contribution in [2.24, 2.45) is 0 Å². The number of halogens is 4. The maximum Gasteiger partial charge on any atom is 0.123 e. The Labute approximate surface area is 135 Å². The van der Waals surface area contributed by atoms with E-state index in [-0.39, 0.29) is 10.6 Å². The third kappa shape index (κ3) is 2.89. The largest absolute Gasteiger partial charge is 0.207 e. The van der Waals surface area contributed by atoms with E-state index in [1.807, 2.05) is 13.8 Å². The number of aryl methyl sites for hydroxylation is 2. The van der Waals surface area contributed by atoms with Gasteiger partial charge in [-0.15, -0.1) is 11.3 Å². The zero-order chi connectivity index (χ0) is 13.4. The fourth-order valence-corrected chi connectivity index (χ4v) is 5.16. The molecule has 0 fully saturated rings. The summed E-state index contributed by atoms with van der Waals surface area (Å²) in [5.41, 5.74) is 3.07. The minimum Gasteiger partial charge on any atom is -0.207 e. The molecule has 0 bridgehead atoms. The molecular weight excluding hydrogens is 447 g/mol. The quantitative estimate of drug-likeness (QED) is 0.451. The summed E-state index contributed by atoms with van der Waals surface area (Å²) < 4.78 is 15.4. The first-order valence-corrected chi connectivity index (χ1v) is 8.57. The molecule has 0 nitrogen and oxygen atoms in total. The summed E-state index contributed by atoms with van der Waals surface area (Å²) in [6.45, 7) is 3.88. The van der Waals surface area contributed by atoms with Crippen LogP contribution in [0.3, 0.4) is 0 Å². The van der Waals surface area contributed by atoms with Gasteiger partial charge in [0.2, 0.25) is 0 Å². The van der Waals surface area contributed by atoms with Crippen LogP contribution >= 0.6 is 59.1 Å². The Morgan fingerprint density at radius 1 is 1.11 bits per heavy atom. The molecule has 0 aliphatic rings. The van der Waals surface area contributed by atoms with Gasteiger partial charge in [-0.3, -0.25) is 0 Å². The van der Waals surface area contributed by atoms with Gasteiger partial charge in [-0.05, 0) is 80.6 Å². The van der Waals surface area contributed by atoms with Gasteiger partial charge in [-0.25, -0.2) is 4.39 Å². The van der Waals surface area contributed by atoms with Crippen LogP contribution < -0.4 is 0 Å². The third-order valence-electron chi connectivity index (χ3n) is 2.73. The van der Waals surface area contributed by atoms with E-state index in [1.54, 1.807) is 23.5 Å². The average molecular weight is 457 g/mol. The zero-order valence-electron chi connectivity index (χ0n) is 9.73. The first kappa shape index (κ1) is 14.7. The Kier molecular flexibility index (Phi) is 4.68. The molecule has 0 aliphatic heterocycles. The topological polar surface area (TPSA) is 0 Å². The van der Waals surface area contributed by atoms with Crippen molar-refractivity contribution >= 4 is 59.1 Å². The van der Waals surface area contributed by atoms with Crippen LogP contribution in [0.15, 0.2) is 26.5 Å². The maximum absolute atomic E-state index is 13.3. The molecule has 0 N–H and O–H groups in total. The molecule has 96 valence electrons. The summed E-state index contributed by atoms with van der Waals surface area (Å²) in [5.74, 6) is -0.179. The lowest BCUT2D eigenvalue weighted by Crippen LogP contribution is -1.98. The molecule has 1 unspecified atom stereocenters. The van der Waals surface area contributed by atoms with Crippen molar-refractivity contribution in [3.8, 4) is 0 Å². The van der Waals surface area contributed by atoms with Crippen LogP contribution in [-0.4, -0.2) is 0 Å². The molecule has 1 aromatic heterocycles. The van der Waals surface area contributed by atoms with Gasteiger partial charge in [0.05, 0.1) is 8.61 Å². The predicted octanol–water partition coefficient (Wildman–Crippen LogP) is 6.51. The minimum atomic E-state index is -0.179. The molecule has 0 spiro atoms. The van der Waals surface area contributed by atoms with E-state index in [0.29, 0.717) is 0 Å². The van der Waals surface area contributed by atoms with E-state index in [0.717, 1.165) is 24.9 Å². The van der Waals surface area contributed by atoms with E-state index in [1.165, 1.54) is 4.88 Å². The summed E-state index contributed by atoms with van der Waals surface area (Å²) in [5, 5.41) is 0. The van der Waals surface area contributed by atoms with Crippen molar-refractivity contribution in [1.82, 2.24) is 0 Å². The Hall–Kier alpha value is 0.290. The first-order valence-electron chi connectivity index (χ1n) is 5.25. The number of thiophene rings is 1. The van der Waals surface area contributed by atoms with E-state index in [2.05, 4.69) is 53.9 Å². The van der Waals surface area contributed by atoms with Gasteiger partial charge in [-0.1, -0.05) is 15.9 Å². The van der Waals surface area contributed by atoms with Crippen molar-refractivity contribution in [2.75, 3.05) is 0 Å². The lowest BCUT2D eigenvalue weighted by molar-refractivity contribution is 0.624. The van der Waals surface area contributed by atoms with Crippen molar-refractivity contribution < 1.29 is 4.39 Å². The summed E-state index contributed by atoms with van der Waals surface area (Å²) in [4.78, 5) is 1.28. The highest BCUT2D eigenvalue weighted by Gasteiger charge is 2.19. The van der Waals surface area contributed by atoms with Gasteiger partial charge in [0.15, 0.2) is 0 Å². The molecule has 18 heavy (non-hydrogen) atoms. The van der Waals surface area contributed by atoms with Crippen LogP contribution in [0.4, 0.5) is 4.39 Å². The number of alkyl halides is 1. The van der Waals surface area contributed by atoms with Crippen LogP contribution in [0.5, 0.6) is 0 Å². The van der Waals surface area contributed by atoms with Crippen LogP contribution in [-0.2, 0) is 0 Å². The maximum atomic E-state index is 13.3. The number of rotatable bonds is 2. The van der Waals surface area contributed by atoms with Crippen molar-refractivity contribution in [3.05, 3.63) is 53.8 Å². The van der Waals surface area contributed by atoms with Crippen LogP contribution in [0.25, 0.3) is 0 Å². The molecule has 1 atom stereocenters. The Balaban J connectivity index is 2.49. The van der Waals surface area contributed by atoms with Crippen LogP contribution in [0.1, 0.15) is 26.4 Å². The molecule has 0 radical (unpaired) electrons. The second-order valence-electron chi connectivity index (χ2n) is 4.09. The standard InChI is InChI=1S/C13H10Br3FS/c1-6-3-8(17)4-7(2)11(6)12(15)10-5-9(14)13(16)18-10/h3-5,12H,1-2H3. The van der Waals surface area contributed by atoms with E-state index in [9.17, 15) is 4.39 Å². The third-order valence-corrected chi connectivity index (χ3v) is 7.30. The second-order valence-corrected chi connectivity index (χ2v) is 8.26. The minimum absolute atomic E-state index is 0.0886. The monoisotopic (exact) mass is 454 g/mol. The van der Waals surface area contributed by atoms with Gasteiger partial charge in [0.25, 0.3) is 0 Å². The molecule has 0 aliphatic carbocycles. The highest BCUT2D eigenvalue weighted by molar-refractivity contribution is 9.13. The Bertz CT molecular complexity index is 549. The summed E-state index contributed by atoms with van der Waals surface area (Å²) >= 11 is 12.4. The summed E-state index contributed by atoms with van der Waals surface area (Å²) in [7, 11) is 0. The molecular formula is C13H10Br3FS. The molecule has 0 saturated carbocycles. The average Bonchev–Trinajstić information content (AvgIpc) is 2.57. The Morgan fingerprint density at radius 2 is 1.67 bits per heavy atom. The van der Waals surface area contributed by atoms with Gasteiger partial charge < -0.3 is 0 Å². The molecule has 0 saturated heterocycles. The molecule has 1 heterocycles. The van der Waals surface area contributed by atoms with Gasteiger partial charge >= 0.3 is 0 Å². The fraction of sp³-hybridized carbons (Fsp3) is 0.231. The number of hydrogen-bond acceptors (Lipinski definition) is 1. The van der Waals surface area contributed by atoms with Gasteiger partial charge in [0, 0.05) is 9.35 Å². The van der Waals surface area contributed by atoms with Crippen molar-refractivity contribution in [1.29, 1.82) is 0 Å². The van der Waals surface area contributed by atoms with Gasteiger partial charge in [-0.2, -0.15) is 0 Å². The molecule has 1 aromatic carbocycles. The summed E-state index contributed by atoms with van der Waals surface area (Å²) in [6, 6.07) is 5.24. The number of benzene rings is 1. The van der Waals surface area contributed by atoms with E-state index < -0.39 is 0 Å². The lowest BCUT2D eigenvalue weighted by Gasteiger charge is -2.15. The second kappa shape index (κ2) is 5.73. The van der Waals surface area contributed by atoms with Gasteiger partial charge in [0.1, 0.15) is 5.82 Å². The zero-order valence-corrected chi connectivity index (χ0v) is 15.3. The number of hydrogen-bond donors (Lipinski definition) is 0. The Morgan fingerprint density at radius 3 is 2.11 bits per heavy atom. The first-order chi connectivity index (χ1) is 8.40. The smallest absolute Gasteiger partial charge is 0.123 e.